The number of amides is 1. The maximum Gasteiger partial charge on any atom is 0.234 e. The quantitative estimate of drug-likeness (QED) is 0.796. The molecule has 20 heavy (non-hydrogen) atoms. The standard InChI is InChI=1S/C14H19N3OS2/c1-16-7-9-17(10-8-16)14(19)20-11-13(18)15-12-5-3-2-4-6-12/h2-6H,7-11H2,1H3,(H,15,18)/p+1. The Kier molecular flexibility index (Phi) is 5.82. The first kappa shape index (κ1) is 15.3. The first-order chi connectivity index (χ1) is 9.65. The number of likely N-dealkylation sites (N-methyl/N-ethyl adjacent to an activating group) is 1. The fourth-order valence-electron chi connectivity index (χ4n) is 2.01. The van der Waals surface area contributed by atoms with Gasteiger partial charge in [-0.15, -0.1) is 0 Å². The van der Waals surface area contributed by atoms with Crippen LogP contribution >= 0.6 is 24.0 Å². The SMILES string of the molecule is C[NH+]1CCN(C(=S)SCC(=O)Nc2ccccc2)CC1. The highest BCUT2D eigenvalue weighted by Gasteiger charge is 2.19. The van der Waals surface area contributed by atoms with Gasteiger partial charge in [-0.1, -0.05) is 42.2 Å². The number of carbonyl (C=O) groups is 1. The van der Waals surface area contributed by atoms with Crippen LogP contribution in [0, 0.1) is 0 Å². The summed E-state index contributed by atoms with van der Waals surface area (Å²) in [5.41, 5.74) is 0.826. The Labute approximate surface area is 129 Å². The molecule has 2 N–H and O–H groups in total. The zero-order valence-electron chi connectivity index (χ0n) is 11.6. The minimum Gasteiger partial charge on any atom is -0.346 e. The number of piperazine rings is 1. The third-order valence-electron chi connectivity index (χ3n) is 3.26. The molecule has 108 valence electrons. The summed E-state index contributed by atoms with van der Waals surface area (Å²) >= 11 is 6.84. The van der Waals surface area contributed by atoms with Gasteiger partial charge >= 0.3 is 0 Å². The fourth-order valence-corrected chi connectivity index (χ4v) is 3.06. The van der Waals surface area contributed by atoms with E-state index in [9.17, 15) is 4.79 Å². The van der Waals surface area contributed by atoms with Crippen LogP contribution in [0.5, 0.6) is 0 Å². The van der Waals surface area contributed by atoms with E-state index < -0.39 is 0 Å². The molecule has 1 aromatic rings. The lowest BCUT2D eigenvalue weighted by atomic mass is 10.3. The van der Waals surface area contributed by atoms with E-state index in [0.717, 1.165) is 36.2 Å². The zero-order valence-corrected chi connectivity index (χ0v) is 13.2. The van der Waals surface area contributed by atoms with Crippen LogP contribution in [-0.4, -0.2) is 54.1 Å². The largest absolute Gasteiger partial charge is 0.346 e. The van der Waals surface area contributed by atoms with Crippen molar-refractivity contribution in [2.45, 2.75) is 0 Å². The number of carbonyl (C=O) groups excluding carboxylic acids is 1. The van der Waals surface area contributed by atoms with Gasteiger partial charge in [0.1, 0.15) is 4.32 Å². The van der Waals surface area contributed by atoms with Gasteiger partial charge in [-0.25, -0.2) is 0 Å². The smallest absolute Gasteiger partial charge is 0.234 e. The molecule has 0 aromatic heterocycles. The molecule has 2 rings (SSSR count). The highest BCUT2D eigenvalue weighted by atomic mass is 32.2. The van der Waals surface area contributed by atoms with E-state index in [4.69, 9.17) is 12.2 Å². The van der Waals surface area contributed by atoms with Crippen molar-refractivity contribution in [2.75, 3.05) is 44.3 Å². The van der Waals surface area contributed by atoms with Gasteiger partial charge in [-0.05, 0) is 12.1 Å². The first-order valence-corrected chi connectivity index (χ1v) is 8.12. The van der Waals surface area contributed by atoms with Crippen LogP contribution in [0.4, 0.5) is 5.69 Å². The number of para-hydroxylation sites is 1. The van der Waals surface area contributed by atoms with E-state index in [2.05, 4.69) is 17.3 Å². The van der Waals surface area contributed by atoms with Crippen LogP contribution in [0.1, 0.15) is 0 Å². The second kappa shape index (κ2) is 7.61. The zero-order chi connectivity index (χ0) is 14.4. The molecule has 6 heteroatoms. The van der Waals surface area contributed by atoms with Crippen LogP contribution in [0.2, 0.25) is 0 Å². The van der Waals surface area contributed by atoms with E-state index >= 15 is 0 Å². The van der Waals surface area contributed by atoms with Crippen molar-refractivity contribution in [1.29, 1.82) is 0 Å². The molecule has 4 nitrogen and oxygen atoms in total. The van der Waals surface area contributed by atoms with E-state index in [1.807, 2.05) is 30.3 Å². The molecule has 0 aliphatic carbocycles. The molecule has 1 aromatic carbocycles. The van der Waals surface area contributed by atoms with Gasteiger partial charge in [0.25, 0.3) is 0 Å². The van der Waals surface area contributed by atoms with Crippen LogP contribution in [0.15, 0.2) is 30.3 Å². The molecule has 0 bridgehead atoms. The normalized spacial score (nSPS) is 15.9. The number of nitrogens with one attached hydrogen (secondary N) is 2. The van der Waals surface area contributed by atoms with Crippen LogP contribution in [-0.2, 0) is 4.79 Å². The molecule has 0 unspecified atom stereocenters. The summed E-state index contributed by atoms with van der Waals surface area (Å²) in [4.78, 5) is 15.6. The second-order valence-electron chi connectivity index (χ2n) is 4.91. The first-order valence-electron chi connectivity index (χ1n) is 6.73. The third kappa shape index (κ3) is 4.77. The molecule has 0 saturated carbocycles. The van der Waals surface area contributed by atoms with Crippen molar-refractivity contribution >= 4 is 39.9 Å². The molecular formula is C14H20N3OS2+. The molecule has 1 aliphatic rings. The van der Waals surface area contributed by atoms with E-state index in [1.165, 1.54) is 16.7 Å². The summed E-state index contributed by atoms with van der Waals surface area (Å²) in [6.45, 7) is 4.18. The summed E-state index contributed by atoms with van der Waals surface area (Å²) in [7, 11) is 2.20. The summed E-state index contributed by atoms with van der Waals surface area (Å²) < 4.78 is 0.834. The molecule has 1 amide bonds. The van der Waals surface area contributed by atoms with E-state index in [1.54, 1.807) is 0 Å². The highest BCUT2D eigenvalue weighted by molar-refractivity contribution is 8.23. The predicted molar refractivity (Wildman–Crippen MR) is 88.3 cm³/mol. The maximum absolute atomic E-state index is 11.8. The second-order valence-corrected chi connectivity index (χ2v) is 6.52. The number of rotatable bonds is 3. The van der Waals surface area contributed by atoms with Gasteiger partial charge in [-0.2, -0.15) is 0 Å². The summed E-state index contributed by atoms with van der Waals surface area (Å²) in [5.74, 6) is 0.357. The Morgan fingerprint density at radius 3 is 2.65 bits per heavy atom. The van der Waals surface area contributed by atoms with Crippen molar-refractivity contribution in [2.24, 2.45) is 0 Å². The van der Waals surface area contributed by atoms with Gasteiger partial charge in [0.05, 0.1) is 39.0 Å². The molecular weight excluding hydrogens is 290 g/mol. The topological polar surface area (TPSA) is 36.8 Å². The van der Waals surface area contributed by atoms with Gasteiger partial charge < -0.3 is 15.1 Å². The minimum atomic E-state index is -0.0108. The monoisotopic (exact) mass is 310 g/mol. The summed E-state index contributed by atoms with van der Waals surface area (Å²) in [6, 6.07) is 9.49. The Bertz CT molecular complexity index is 459. The number of nitrogens with zero attached hydrogens (tertiary/aromatic N) is 1. The number of quaternary nitrogens is 1. The number of thioether (sulfide) groups is 1. The number of hydrogen-bond donors (Lipinski definition) is 2. The Morgan fingerprint density at radius 2 is 2.00 bits per heavy atom. The highest BCUT2D eigenvalue weighted by Crippen LogP contribution is 2.11. The summed E-state index contributed by atoms with van der Waals surface area (Å²) in [5, 5.41) is 2.87. The average molecular weight is 310 g/mol. The lowest BCUT2D eigenvalue weighted by Gasteiger charge is -2.31. The van der Waals surface area contributed by atoms with E-state index in [0.29, 0.717) is 5.75 Å². The van der Waals surface area contributed by atoms with E-state index in [-0.39, 0.29) is 5.91 Å². The Balaban J connectivity index is 1.72. The Morgan fingerprint density at radius 1 is 1.35 bits per heavy atom. The van der Waals surface area contributed by atoms with Gasteiger partial charge in [0.2, 0.25) is 5.91 Å². The molecule has 1 aliphatic heterocycles. The lowest BCUT2D eigenvalue weighted by Crippen LogP contribution is -3.12. The fraction of sp³-hybridized carbons (Fsp3) is 0.429. The molecule has 1 heterocycles. The van der Waals surface area contributed by atoms with Gasteiger partial charge in [0, 0.05) is 5.69 Å². The number of hydrogen-bond acceptors (Lipinski definition) is 3. The third-order valence-corrected chi connectivity index (χ3v) is 4.78. The van der Waals surface area contributed by atoms with Crippen molar-refractivity contribution in [3.63, 3.8) is 0 Å². The van der Waals surface area contributed by atoms with Crippen LogP contribution in [0.25, 0.3) is 0 Å². The number of benzene rings is 1. The predicted octanol–water partition coefficient (Wildman–Crippen LogP) is 0.474. The van der Waals surface area contributed by atoms with Crippen molar-refractivity contribution in [3.05, 3.63) is 30.3 Å². The van der Waals surface area contributed by atoms with Crippen molar-refractivity contribution in [3.8, 4) is 0 Å². The Hall–Kier alpha value is -1.11. The molecule has 0 radical (unpaired) electrons. The van der Waals surface area contributed by atoms with Crippen molar-refractivity contribution in [1.82, 2.24) is 4.90 Å². The lowest BCUT2D eigenvalue weighted by molar-refractivity contribution is -0.883. The summed E-state index contributed by atoms with van der Waals surface area (Å²) in [6.07, 6.45) is 0. The molecule has 1 saturated heterocycles. The number of thiocarbonyl (C=S) groups is 1. The maximum atomic E-state index is 11.8. The van der Waals surface area contributed by atoms with Crippen LogP contribution < -0.4 is 10.2 Å². The minimum absolute atomic E-state index is 0.0108. The van der Waals surface area contributed by atoms with Gasteiger partial charge in [0.15, 0.2) is 0 Å². The number of anilines is 1. The van der Waals surface area contributed by atoms with Crippen molar-refractivity contribution < 1.29 is 9.69 Å². The average Bonchev–Trinajstić information content (AvgIpc) is 2.46. The molecule has 0 spiro atoms. The molecule has 0 atom stereocenters. The van der Waals surface area contributed by atoms with Crippen LogP contribution in [0.3, 0.4) is 0 Å². The van der Waals surface area contributed by atoms with Gasteiger partial charge in [-0.3, -0.25) is 4.79 Å². The molecule has 1 fully saturated rings.